The zero-order chi connectivity index (χ0) is 17.2. The molecule has 25 heavy (non-hydrogen) atoms. The highest BCUT2D eigenvalue weighted by Gasteiger charge is 2.11. The first kappa shape index (κ1) is 15.5. The lowest BCUT2D eigenvalue weighted by molar-refractivity contribution is 0.102. The van der Waals surface area contributed by atoms with Crippen LogP contribution < -0.4 is 5.32 Å². The molecular weight excluding hydrogens is 350 g/mol. The Morgan fingerprint density at radius 3 is 2.80 bits per heavy atom. The maximum absolute atomic E-state index is 12.3. The first-order valence-electron chi connectivity index (χ1n) is 7.49. The molecule has 2 aromatic heterocycles. The molecule has 120 valence electrons. The standard InChI is InChI=1S/C19H11N3OS2/c20-10-15-9-13(11-24-15)18(23)21-14-5-3-4-12(8-14)19-22-16-6-1-2-7-17(16)25-19/h1-9,11H,(H,21,23). The normalized spacial score (nSPS) is 10.5. The van der Waals surface area contributed by atoms with E-state index in [9.17, 15) is 4.79 Å². The predicted molar refractivity (Wildman–Crippen MR) is 102 cm³/mol. The summed E-state index contributed by atoms with van der Waals surface area (Å²) in [6.07, 6.45) is 0. The average molecular weight is 361 g/mol. The fraction of sp³-hybridized carbons (Fsp3) is 0. The summed E-state index contributed by atoms with van der Waals surface area (Å²) in [6, 6.07) is 19.3. The Kier molecular flexibility index (Phi) is 4.02. The Hall–Kier alpha value is -3.01. The zero-order valence-corrected chi connectivity index (χ0v) is 14.5. The number of benzene rings is 2. The van der Waals surface area contributed by atoms with Crippen LogP contribution in [0.1, 0.15) is 15.2 Å². The summed E-state index contributed by atoms with van der Waals surface area (Å²) in [5.41, 5.74) is 3.12. The van der Waals surface area contributed by atoms with Crippen molar-refractivity contribution in [2.75, 3.05) is 5.32 Å². The van der Waals surface area contributed by atoms with Gasteiger partial charge in [0, 0.05) is 16.6 Å². The van der Waals surface area contributed by atoms with E-state index in [4.69, 9.17) is 5.26 Å². The molecule has 0 aliphatic rings. The van der Waals surface area contributed by atoms with E-state index >= 15 is 0 Å². The van der Waals surface area contributed by atoms with Crippen molar-refractivity contribution in [3.05, 3.63) is 70.4 Å². The lowest BCUT2D eigenvalue weighted by atomic mass is 10.2. The van der Waals surface area contributed by atoms with Crippen LogP contribution in [0.5, 0.6) is 0 Å². The molecule has 0 unspecified atom stereocenters. The largest absolute Gasteiger partial charge is 0.322 e. The number of carbonyl (C=O) groups is 1. The predicted octanol–water partition coefficient (Wildman–Crippen LogP) is 5.15. The molecule has 1 amide bonds. The van der Waals surface area contributed by atoms with Crippen molar-refractivity contribution in [1.82, 2.24) is 4.98 Å². The molecule has 6 heteroatoms. The number of fused-ring (bicyclic) bond motifs is 1. The number of rotatable bonds is 3. The molecule has 4 nitrogen and oxygen atoms in total. The summed E-state index contributed by atoms with van der Waals surface area (Å²) in [7, 11) is 0. The summed E-state index contributed by atoms with van der Waals surface area (Å²) in [5.74, 6) is -0.223. The molecule has 1 N–H and O–H groups in total. The van der Waals surface area contributed by atoms with Gasteiger partial charge in [0.25, 0.3) is 5.91 Å². The lowest BCUT2D eigenvalue weighted by Crippen LogP contribution is -2.10. The fourth-order valence-corrected chi connectivity index (χ4v) is 4.08. The third kappa shape index (κ3) is 3.15. The highest BCUT2D eigenvalue weighted by Crippen LogP contribution is 2.31. The molecule has 0 saturated carbocycles. The molecule has 2 aromatic carbocycles. The Balaban J connectivity index is 1.61. The van der Waals surface area contributed by atoms with Crippen LogP contribution in [0, 0.1) is 11.3 Å². The van der Waals surface area contributed by atoms with Gasteiger partial charge < -0.3 is 5.32 Å². The number of nitrogens with one attached hydrogen (secondary N) is 1. The summed E-state index contributed by atoms with van der Waals surface area (Å²) in [5, 5.41) is 14.3. The molecule has 0 radical (unpaired) electrons. The second kappa shape index (κ2) is 6.48. The summed E-state index contributed by atoms with van der Waals surface area (Å²) in [4.78, 5) is 17.5. The Bertz CT molecular complexity index is 1090. The van der Waals surface area contributed by atoms with Crippen molar-refractivity contribution in [3.8, 4) is 16.6 Å². The van der Waals surface area contributed by atoms with Crippen molar-refractivity contribution in [3.63, 3.8) is 0 Å². The molecule has 4 rings (SSSR count). The zero-order valence-electron chi connectivity index (χ0n) is 12.9. The van der Waals surface area contributed by atoms with Crippen LogP contribution in [0.15, 0.2) is 60.0 Å². The van der Waals surface area contributed by atoms with E-state index in [-0.39, 0.29) is 5.91 Å². The van der Waals surface area contributed by atoms with E-state index in [1.54, 1.807) is 22.8 Å². The van der Waals surface area contributed by atoms with E-state index in [0.29, 0.717) is 16.1 Å². The molecule has 0 spiro atoms. The van der Waals surface area contributed by atoms with Crippen molar-refractivity contribution in [2.24, 2.45) is 0 Å². The number of anilines is 1. The smallest absolute Gasteiger partial charge is 0.256 e. The van der Waals surface area contributed by atoms with E-state index in [2.05, 4.69) is 10.3 Å². The quantitative estimate of drug-likeness (QED) is 0.549. The number of nitriles is 1. The molecule has 2 heterocycles. The number of nitrogens with zero attached hydrogens (tertiary/aromatic N) is 2. The van der Waals surface area contributed by atoms with E-state index in [1.807, 2.05) is 54.6 Å². The molecular formula is C19H11N3OS2. The Labute approximate surface area is 152 Å². The fourth-order valence-electron chi connectivity index (χ4n) is 2.44. The third-order valence-corrected chi connectivity index (χ3v) is 5.55. The second-order valence-corrected chi connectivity index (χ2v) is 7.27. The number of carbonyl (C=O) groups excluding carboxylic acids is 1. The SMILES string of the molecule is N#Cc1cc(C(=O)Nc2cccc(-c3nc4ccccc4s3)c2)cs1. The summed E-state index contributed by atoms with van der Waals surface area (Å²) >= 11 is 2.88. The van der Waals surface area contributed by atoms with Crippen LogP contribution in [-0.4, -0.2) is 10.9 Å². The van der Waals surface area contributed by atoms with Crippen molar-refractivity contribution < 1.29 is 4.79 Å². The Morgan fingerprint density at radius 2 is 2.00 bits per heavy atom. The van der Waals surface area contributed by atoms with Crippen LogP contribution in [0.2, 0.25) is 0 Å². The molecule has 0 bridgehead atoms. The van der Waals surface area contributed by atoms with Gasteiger partial charge in [-0.1, -0.05) is 24.3 Å². The minimum Gasteiger partial charge on any atom is -0.322 e. The molecule has 0 fully saturated rings. The summed E-state index contributed by atoms with van der Waals surface area (Å²) < 4.78 is 1.13. The van der Waals surface area contributed by atoms with Gasteiger partial charge >= 0.3 is 0 Å². The molecule has 0 aliphatic heterocycles. The van der Waals surface area contributed by atoms with Gasteiger partial charge in [-0.15, -0.1) is 22.7 Å². The number of aromatic nitrogens is 1. The average Bonchev–Trinajstić information content (AvgIpc) is 3.28. The minimum absolute atomic E-state index is 0.223. The number of para-hydroxylation sites is 1. The molecule has 0 saturated heterocycles. The first-order chi connectivity index (χ1) is 12.2. The highest BCUT2D eigenvalue weighted by molar-refractivity contribution is 7.21. The van der Waals surface area contributed by atoms with E-state index < -0.39 is 0 Å². The van der Waals surface area contributed by atoms with Crippen LogP contribution in [0.4, 0.5) is 5.69 Å². The van der Waals surface area contributed by atoms with Crippen molar-refractivity contribution in [2.45, 2.75) is 0 Å². The maximum Gasteiger partial charge on any atom is 0.256 e. The highest BCUT2D eigenvalue weighted by atomic mass is 32.1. The van der Waals surface area contributed by atoms with Gasteiger partial charge in [-0.25, -0.2) is 4.98 Å². The van der Waals surface area contributed by atoms with Crippen molar-refractivity contribution >= 4 is 44.5 Å². The van der Waals surface area contributed by atoms with Crippen LogP contribution in [0.3, 0.4) is 0 Å². The monoisotopic (exact) mass is 361 g/mol. The molecule has 0 aliphatic carbocycles. The summed E-state index contributed by atoms with van der Waals surface area (Å²) in [6.45, 7) is 0. The lowest BCUT2D eigenvalue weighted by Gasteiger charge is -2.05. The first-order valence-corrected chi connectivity index (χ1v) is 9.18. The number of amides is 1. The third-order valence-electron chi connectivity index (χ3n) is 3.63. The number of hydrogen-bond acceptors (Lipinski definition) is 5. The van der Waals surface area contributed by atoms with Gasteiger partial charge in [-0.05, 0) is 30.3 Å². The maximum atomic E-state index is 12.3. The Morgan fingerprint density at radius 1 is 1.12 bits per heavy atom. The van der Waals surface area contributed by atoms with Gasteiger partial charge in [0.05, 0.1) is 15.8 Å². The van der Waals surface area contributed by atoms with Crippen LogP contribution >= 0.6 is 22.7 Å². The van der Waals surface area contributed by atoms with Gasteiger partial charge in [-0.3, -0.25) is 4.79 Å². The molecule has 4 aromatic rings. The van der Waals surface area contributed by atoms with Gasteiger partial charge in [0.15, 0.2) is 0 Å². The van der Waals surface area contributed by atoms with E-state index in [0.717, 1.165) is 20.8 Å². The van der Waals surface area contributed by atoms with E-state index in [1.165, 1.54) is 11.3 Å². The second-order valence-electron chi connectivity index (χ2n) is 5.33. The minimum atomic E-state index is -0.223. The van der Waals surface area contributed by atoms with Gasteiger partial charge in [0.1, 0.15) is 16.0 Å². The topological polar surface area (TPSA) is 65.8 Å². The van der Waals surface area contributed by atoms with Crippen LogP contribution in [0.25, 0.3) is 20.8 Å². The molecule has 0 atom stereocenters. The number of hydrogen-bond donors (Lipinski definition) is 1. The van der Waals surface area contributed by atoms with Gasteiger partial charge in [-0.2, -0.15) is 5.26 Å². The van der Waals surface area contributed by atoms with Gasteiger partial charge in [0.2, 0.25) is 0 Å². The number of thiazole rings is 1. The van der Waals surface area contributed by atoms with Crippen molar-refractivity contribution in [1.29, 1.82) is 5.26 Å². The van der Waals surface area contributed by atoms with Crippen LogP contribution in [-0.2, 0) is 0 Å². The number of thiophene rings is 1.